The molecule has 0 spiro atoms. The van der Waals surface area contributed by atoms with Crippen molar-refractivity contribution in [1.29, 1.82) is 0 Å². The van der Waals surface area contributed by atoms with E-state index in [9.17, 15) is 29.1 Å². The van der Waals surface area contributed by atoms with E-state index in [2.05, 4.69) is 10.3 Å². The van der Waals surface area contributed by atoms with Gasteiger partial charge in [0.15, 0.2) is 17.3 Å². The third-order valence-electron chi connectivity index (χ3n) is 9.07. The number of H-pyrrole nitrogens is 1. The minimum Gasteiger partial charge on any atom is -0.503 e. The van der Waals surface area contributed by atoms with E-state index in [1.807, 2.05) is 182 Å². The number of hydrogen-bond donors (Lipinski definition) is 5. The fourth-order valence-electron chi connectivity index (χ4n) is 5.85. The minimum atomic E-state index is -0.407. The molecule has 0 aliphatic carbocycles. The van der Waals surface area contributed by atoms with Crippen molar-refractivity contribution < 1.29 is 33.8 Å². The number of aromatic nitrogens is 1. The number of fused-ring (bicyclic) bond motifs is 1. The Labute approximate surface area is 483 Å². The Morgan fingerprint density at radius 3 is 1.29 bits per heavy atom. The molecule has 0 atom stereocenters. The van der Waals surface area contributed by atoms with Crippen LogP contribution >= 0.6 is 11.6 Å². The summed E-state index contributed by atoms with van der Waals surface area (Å²) in [7, 11) is 2.94. The SMILES string of the molecule is CC.CC.CC.CC.CC.CC.CC.COCC(=O)c1ccccc1N.COCC(=O)c1ccccc1NC(=O)c1ccccc1.Nc1ccccc1.O=C(Cl)c1ccccc1.O=c1c(O)c(-c2ccccc2)[nH]c2ccccc12. The molecule has 7 aromatic carbocycles. The van der Waals surface area contributed by atoms with Gasteiger partial charge < -0.3 is 36.3 Å². The maximum Gasteiger partial charge on any atom is 0.255 e. The molecule has 0 saturated heterocycles. The van der Waals surface area contributed by atoms with Crippen LogP contribution in [-0.2, 0) is 9.47 Å². The van der Waals surface area contributed by atoms with Crippen molar-refractivity contribution in [2.75, 3.05) is 44.2 Å². The summed E-state index contributed by atoms with van der Waals surface area (Å²) in [6, 6.07) is 57.4. The Hall–Kier alpha value is -8.16. The van der Waals surface area contributed by atoms with Crippen molar-refractivity contribution in [2.45, 2.75) is 96.9 Å². The van der Waals surface area contributed by atoms with Crippen molar-refractivity contribution in [3.8, 4) is 17.0 Å². The molecule has 0 fully saturated rings. The highest BCUT2D eigenvalue weighted by Gasteiger charge is 2.14. The van der Waals surface area contributed by atoms with E-state index in [-0.39, 0.29) is 41.9 Å². The van der Waals surface area contributed by atoms with Gasteiger partial charge in [0.1, 0.15) is 13.2 Å². The Morgan fingerprint density at radius 2 is 0.863 bits per heavy atom. The highest BCUT2D eigenvalue weighted by atomic mass is 35.5. The molecule has 0 unspecified atom stereocenters. The molecule has 7 N–H and O–H groups in total. The van der Waals surface area contributed by atoms with E-state index < -0.39 is 5.24 Å². The summed E-state index contributed by atoms with van der Waals surface area (Å²) in [5.41, 5.74) is 16.4. The molecule has 0 saturated carbocycles. The molecule has 0 bridgehead atoms. The van der Waals surface area contributed by atoms with Gasteiger partial charge >= 0.3 is 0 Å². The lowest BCUT2D eigenvalue weighted by atomic mass is 10.1. The number of halogens is 1. The molecule has 0 aliphatic rings. The van der Waals surface area contributed by atoms with Gasteiger partial charge in [0, 0.05) is 64.3 Å². The zero-order chi connectivity index (χ0) is 61.7. The van der Waals surface area contributed by atoms with Crippen LogP contribution in [0.5, 0.6) is 5.75 Å². The quantitative estimate of drug-likeness (QED) is 0.0498. The van der Waals surface area contributed by atoms with Gasteiger partial charge in [-0.05, 0) is 72.3 Å². The van der Waals surface area contributed by atoms with Crippen LogP contribution in [0, 0.1) is 0 Å². The first-order chi connectivity index (χ1) is 38.9. The van der Waals surface area contributed by atoms with Gasteiger partial charge in [-0.2, -0.15) is 0 Å². The zero-order valence-corrected chi connectivity index (χ0v) is 51.0. The van der Waals surface area contributed by atoms with Crippen molar-refractivity contribution >= 4 is 62.3 Å². The summed E-state index contributed by atoms with van der Waals surface area (Å²) in [5, 5.41) is 12.8. The molecule has 1 amide bonds. The standard InChI is InChI=1S/C16H15NO3.C15H11NO2.C9H11NO2.C7H5ClO.C6H7N.7C2H6/c1-20-11-15(18)13-9-5-6-10-14(13)17-16(19)12-7-3-2-4-8-12;17-14-11-8-4-5-9-12(11)16-13(15(14)18)10-6-2-1-3-7-10;1-12-6-9(11)7-4-2-3-5-8(7)10;8-7(9)6-4-2-1-3-5-6;7-6-4-2-1-3-5-6;7*1-2/h2-10H,11H2,1H3,(H,17,19);1-9,18H,(H,16,17);2-5H,6,10H2,1H3;1-5H;1-5H,7H2;7*1-2H3. The molecule has 8 rings (SSSR count). The molecule has 13 heteroatoms. The summed E-state index contributed by atoms with van der Waals surface area (Å²) in [6.45, 7) is 28.1. The van der Waals surface area contributed by atoms with Crippen molar-refractivity contribution in [1.82, 2.24) is 4.98 Å². The van der Waals surface area contributed by atoms with Gasteiger partial charge in [-0.3, -0.25) is 24.0 Å². The van der Waals surface area contributed by atoms with Gasteiger partial charge in [-0.1, -0.05) is 230 Å². The first-order valence-corrected chi connectivity index (χ1v) is 27.6. The number of hydrogen-bond acceptors (Lipinski definition) is 10. The van der Waals surface area contributed by atoms with Crippen LogP contribution in [0.15, 0.2) is 199 Å². The van der Waals surface area contributed by atoms with Crippen LogP contribution in [0.25, 0.3) is 22.2 Å². The summed E-state index contributed by atoms with van der Waals surface area (Å²) >= 11 is 5.16. The first kappa shape index (κ1) is 78.3. The lowest BCUT2D eigenvalue weighted by Crippen LogP contribution is -2.16. The van der Waals surface area contributed by atoms with Crippen LogP contribution in [0.3, 0.4) is 0 Å². The molecule has 1 heterocycles. The number of amides is 1. The van der Waals surface area contributed by atoms with Gasteiger partial charge in [0.2, 0.25) is 5.43 Å². The van der Waals surface area contributed by atoms with Crippen LogP contribution in [-0.4, -0.2) is 60.2 Å². The molecule has 12 nitrogen and oxygen atoms in total. The lowest BCUT2D eigenvalue weighted by molar-refractivity contribution is 0.0842. The van der Waals surface area contributed by atoms with Crippen molar-refractivity contribution in [3.05, 3.63) is 227 Å². The second-order valence-corrected chi connectivity index (χ2v) is 14.1. The number of methoxy groups -OCH3 is 2. The van der Waals surface area contributed by atoms with Crippen LogP contribution in [0.1, 0.15) is 138 Å². The predicted octanol–water partition coefficient (Wildman–Crippen LogP) is 17.3. The number of anilines is 3. The number of aromatic hydroxyl groups is 1. The Morgan fingerprint density at radius 1 is 0.487 bits per heavy atom. The van der Waals surface area contributed by atoms with E-state index in [4.69, 9.17) is 32.5 Å². The molecule has 1 aromatic heterocycles. The molecular weight excluding hydrogens is 1020 g/mol. The van der Waals surface area contributed by atoms with E-state index in [1.165, 1.54) is 14.2 Å². The maximum atomic E-state index is 12.1. The number of ether oxygens (including phenoxy) is 2. The number of Topliss-reactive ketones (excluding diaryl/α,β-unsaturated/α-hetero) is 2. The molecule has 434 valence electrons. The third kappa shape index (κ3) is 31.3. The predicted molar refractivity (Wildman–Crippen MR) is 343 cm³/mol. The maximum absolute atomic E-state index is 12.1. The Bertz CT molecular complexity index is 2850. The number of carbonyl (C=O) groups is 4. The highest BCUT2D eigenvalue weighted by Crippen LogP contribution is 2.26. The summed E-state index contributed by atoms with van der Waals surface area (Å²) in [5.74, 6) is -0.741. The number of nitrogen functional groups attached to an aromatic ring is 2. The van der Waals surface area contributed by atoms with Gasteiger partial charge in [0.25, 0.3) is 11.1 Å². The van der Waals surface area contributed by atoms with E-state index in [1.54, 1.807) is 109 Å². The smallest absolute Gasteiger partial charge is 0.255 e. The largest absolute Gasteiger partial charge is 0.503 e. The average molecular weight is 1120 g/mol. The minimum absolute atomic E-state index is 0.0157. The number of pyridine rings is 1. The van der Waals surface area contributed by atoms with Crippen LogP contribution in [0.2, 0.25) is 0 Å². The Balaban J connectivity index is -0.000000441. The number of nitrogens with one attached hydrogen (secondary N) is 2. The number of para-hydroxylation sites is 4. The van der Waals surface area contributed by atoms with Gasteiger partial charge in [-0.25, -0.2) is 0 Å². The fraction of sp³-hybridized carbons (Fsp3) is 0.269. The summed E-state index contributed by atoms with van der Waals surface area (Å²) in [6.07, 6.45) is 0. The number of aromatic amines is 1. The number of ketones is 2. The number of nitrogens with two attached hydrogens (primary N) is 2. The fourth-order valence-corrected chi connectivity index (χ4v) is 5.97. The van der Waals surface area contributed by atoms with Crippen molar-refractivity contribution in [3.63, 3.8) is 0 Å². The molecule has 0 aliphatic heterocycles. The van der Waals surface area contributed by atoms with Crippen LogP contribution in [0.4, 0.5) is 17.1 Å². The summed E-state index contributed by atoms with van der Waals surface area (Å²) in [4.78, 5) is 60.8. The first-order valence-electron chi connectivity index (χ1n) is 27.2. The summed E-state index contributed by atoms with van der Waals surface area (Å²) < 4.78 is 9.55. The molecule has 8 aromatic rings. The second-order valence-electron chi connectivity index (χ2n) is 13.8. The molecular formula is C67H91ClN4O8. The topological polar surface area (TPSA) is 204 Å². The second kappa shape index (κ2) is 52.9. The van der Waals surface area contributed by atoms with Crippen molar-refractivity contribution in [2.24, 2.45) is 0 Å². The average Bonchev–Trinajstić information content (AvgIpc) is 3.55. The normalized spacial score (nSPS) is 8.66. The zero-order valence-electron chi connectivity index (χ0n) is 50.2. The Kier molecular flexibility index (Phi) is 51.8. The third-order valence-corrected chi connectivity index (χ3v) is 9.29. The van der Waals surface area contributed by atoms with E-state index >= 15 is 0 Å². The molecule has 80 heavy (non-hydrogen) atoms. The van der Waals surface area contributed by atoms with Crippen LogP contribution < -0.4 is 22.2 Å². The number of rotatable bonds is 10. The molecule has 0 radical (unpaired) electrons. The van der Waals surface area contributed by atoms with E-state index in [0.717, 1.165) is 16.8 Å². The lowest BCUT2D eigenvalue weighted by Gasteiger charge is -2.10. The van der Waals surface area contributed by atoms with Gasteiger partial charge in [0.05, 0.1) is 11.4 Å². The number of carbonyl (C=O) groups excluding carboxylic acids is 4. The number of benzene rings is 7. The van der Waals surface area contributed by atoms with E-state index in [0.29, 0.717) is 44.7 Å². The monoisotopic (exact) mass is 1110 g/mol. The van der Waals surface area contributed by atoms with Gasteiger partial charge in [-0.15, -0.1) is 0 Å². The highest BCUT2D eigenvalue weighted by molar-refractivity contribution is 6.67.